The van der Waals surface area contributed by atoms with Crippen molar-refractivity contribution in [2.75, 3.05) is 13.2 Å². The molecule has 0 atom stereocenters. The fourth-order valence-corrected chi connectivity index (χ4v) is 4.24. The minimum atomic E-state index is 0.133. The molecule has 4 aliphatic rings. The molecule has 0 unspecified atom stereocenters. The molecule has 0 aliphatic carbocycles. The summed E-state index contributed by atoms with van der Waals surface area (Å²) in [6, 6.07) is 18.9. The van der Waals surface area contributed by atoms with E-state index in [4.69, 9.17) is 9.47 Å². The summed E-state index contributed by atoms with van der Waals surface area (Å²) in [6.07, 6.45) is 4.22. The lowest BCUT2D eigenvalue weighted by Crippen LogP contribution is -2.00. The van der Waals surface area contributed by atoms with Gasteiger partial charge in [0.15, 0.2) is 0 Å². The molecule has 0 saturated heterocycles. The van der Waals surface area contributed by atoms with Crippen molar-refractivity contribution >= 4 is 21.5 Å². The van der Waals surface area contributed by atoms with Crippen LogP contribution in [0.15, 0.2) is 60.7 Å². The first-order chi connectivity index (χ1) is 14.7. The molecule has 4 aromatic carbocycles. The lowest BCUT2D eigenvalue weighted by Gasteiger charge is -2.16. The highest BCUT2D eigenvalue weighted by molar-refractivity contribution is 6.10. The average molecular weight is 400 g/mol. The zero-order valence-corrected chi connectivity index (χ0v) is 16.7. The van der Waals surface area contributed by atoms with Gasteiger partial charge in [0.2, 0.25) is 0 Å². The van der Waals surface area contributed by atoms with Gasteiger partial charge in [-0.3, -0.25) is 0 Å². The Morgan fingerprint density at radius 1 is 0.533 bits per heavy atom. The predicted octanol–water partition coefficient (Wildman–Crippen LogP) is 6.40. The Labute approximate surface area is 175 Å². The van der Waals surface area contributed by atoms with E-state index < -0.39 is 0 Å². The smallest absolute Gasteiger partial charge is 0.124 e. The normalized spacial score (nSPS) is 14.7. The SMILES string of the molecule is Oc1ccc2cc3ccc2c1-c1c(O)ccc2cc(ccc12)OCCCCCCO3. The number of phenolic OH excluding ortho intramolecular Hbond substituents is 2. The van der Waals surface area contributed by atoms with Crippen molar-refractivity contribution in [3.63, 3.8) is 0 Å². The molecule has 4 aliphatic heterocycles. The van der Waals surface area contributed by atoms with E-state index in [1.165, 1.54) is 0 Å². The monoisotopic (exact) mass is 400 g/mol. The third kappa shape index (κ3) is 3.39. The van der Waals surface area contributed by atoms with Crippen LogP contribution in [0.2, 0.25) is 0 Å². The van der Waals surface area contributed by atoms with Crippen molar-refractivity contribution in [3.05, 3.63) is 60.7 Å². The highest BCUT2D eigenvalue weighted by atomic mass is 16.5. The molecule has 0 saturated carbocycles. The van der Waals surface area contributed by atoms with Crippen LogP contribution < -0.4 is 9.47 Å². The molecule has 0 spiro atoms. The van der Waals surface area contributed by atoms with E-state index in [0.29, 0.717) is 24.3 Å². The summed E-state index contributed by atoms with van der Waals surface area (Å²) < 4.78 is 11.9. The first-order valence-corrected chi connectivity index (χ1v) is 10.5. The van der Waals surface area contributed by atoms with Crippen LogP contribution in [0.1, 0.15) is 25.7 Å². The first kappa shape index (κ1) is 18.6. The first-order valence-electron chi connectivity index (χ1n) is 10.5. The highest BCUT2D eigenvalue weighted by Gasteiger charge is 2.17. The van der Waals surface area contributed by atoms with Gasteiger partial charge in [-0.15, -0.1) is 0 Å². The van der Waals surface area contributed by atoms with Crippen molar-refractivity contribution in [1.82, 2.24) is 0 Å². The standard InChI is InChI=1S/C26H24O4/c27-23-11-5-17-15-19-7-9-21(17)25(23)26-22-10-8-20(16-18(22)6-12-24(26)28)30-14-4-2-1-3-13-29-19/h5-12,15-16,27-28H,1-4,13-14H2. The van der Waals surface area contributed by atoms with Gasteiger partial charge in [0.25, 0.3) is 0 Å². The molecule has 0 fully saturated rings. The fraction of sp³-hybridized carbons (Fsp3) is 0.231. The third-order valence-electron chi connectivity index (χ3n) is 5.76. The maximum Gasteiger partial charge on any atom is 0.124 e. The van der Waals surface area contributed by atoms with E-state index in [-0.39, 0.29) is 11.5 Å². The summed E-state index contributed by atoms with van der Waals surface area (Å²) in [5.74, 6) is 1.90. The zero-order valence-electron chi connectivity index (χ0n) is 16.7. The number of ether oxygens (including phenoxy) is 2. The van der Waals surface area contributed by atoms with E-state index in [1.54, 1.807) is 12.1 Å². The lowest BCUT2D eigenvalue weighted by molar-refractivity contribution is 0.288. The Bertz CT molecular complexity index is 1130. The van der Waals surface area contributed by atoms with Gasteiger partial charge in [-0.25, -0.2) is 0 Å². The van der Waals surface area contributed by atoms with Gasteiger partial charge in [0.1, 0.15) is 23.0 Å². The minimum absolute atomic E-state index is 0.133. The van der Waals surface area contributed by atoms with E-state index in [2.05, 4.69) is 0 Å². The van der Waals surface area contributed by atoms with E-state index >= 15 is 0 Å². The molecule has 0 aromatic heterocycles. The van der Waals surface area contributed by atoms with Gasteiger partial charge in [-0.1, -0.05) is 12.1 Å². The van der Waals surface area contributed by atoms with Crippen molar-refractivity contribution < 1.29 is 19.7 Å². The van der Waals surface area contributed by atoms with Gasteiger partial charge in [-0.05, 0) is 95.8 Å². The van der Waals surface area contributed by atoms with Crippen LogP contribution in [-0.2, 0) is 0 Å². The summed E-state index contributed by atoms with van der Waals surface area (Å²) in [5.41, 5.74) is 1.24. The number of hydrogen-bond donors (Lipinski definition) is 2. The van der Waals surface area contributed by atoms with Crippen LogP contribution >= 0.6 is 0 Å². The number of hydrogen-bond acceptors (Lipinski definition) is 4. The Hall–Kier alpha value is -3.40. The average Bonchev–Trinajstić information content (AvgIpc) is 2.76. The third-order valence-corrected chi connectivity index (χ3v) is 5.76. The van der Waals surface area contributed by atoms with Gasteiger partial charge in [0, 0.05) is 11.1 Å². The van der Waals surface area contributed by atoms with Gasteiger partial charge < -0.3 is 19.7 Å². The van der Waals surface area contributed by atoms with Gasteiger partial charge in [0.05, 0.1) is 13.2 Å². The molecule has 4 heteroatoms. The van der Waals surface area contributed by atoms with Gasteiger partial charge in [-0.2, -0.15) is 0 Å². The summed E-state index contributed by atoms with van der Waals surface area (Å²) >= 11 is 0. The van der Waals surface area contributed by atoms with Crippen molar-refractivity contribution in [2.24, 2.45) is 0 Å². The highest BCUT2D eigenvalue weighted by Crippen LogP contribution is 2.45. The van der Waals surface area contributed by atoms with Crippen LogP contribution in [0.5, 0.6) is 23.0 Å². The topological polar surface area (TPSA) is 58.9 Å². The molecule has 152 valence electrons. The fourth-order valence-electron chi connectivity index (χ4n) is 4.24. The molecular formula is C26H24O4. The molecule has 2 N–H and O–H groups in total. The molecule has 4 nitrogen and oxygen atoms in total. The van der Waals surface area contributed by atoms with Crippen LogP contribution in [0.4, 0.5) is 0 Å². The van der Waals surface area contributed by atoms with Gasteiger partial charge >= 0.3 is 0 Å². The molecular weight excluding hydrogens is 376 g/mol. The molecule has 0 radical (unpaired) electrons. The lowest BCUT2D eigenvalue weighted by atomic mass is 9.92. The number of aromatic hydroxyl groups is 2. The Morgan fingerprint density at radius 3 is 1.47 bits per heavy atom. The summed E-state index contributed by atoms with van der Waals surface area (Å²) in [5, 5.41) is 25.2. The van der Waals surface area contributed by atoms with E-state index in [1.807, 2.05) is 48.5 Å². The zero-order chi connectivity index (χ0) is 20.5. The van der Waals surface area contributed by atoms with E-state index in [9.17, 15) is 10.2 Å². The number of rotatable bonds is 0. The number of phenols is 2. The molecule has 30 heavy (non-hydrogen) atoms. The minimum Gasteiger partial charge on any atom is -0.507 e. The number of benzene rings is 4. The Balaban J connectivity index is 1.76. The van der Waals surface area contributed by atoms with Crippen LogP contribution in [0, 0.1) is 0 Å². The predicted molar refractivity (Wildman–Crippen MR) is 120 cm³/mol. The van der Waals surface area contributed by atoms with Crippen molar-refractivity contribution in [1.29, 1.82) is 0 Å². The second-order valence-corrected chi connectivity index (χ2v) is 7.80. The molecule has 4 aromatic rings. The van der Waals surface area contributed by atoms with Crippen molar-refractivity contribution in [3.8, 4) is 34.1 Å². The Kier molecular flexibility index (Phi) is 4.83. The molecule has 0 amide bonds. The van der Waals surface area contributed by atoms with Crippen LogP contribution in [0.25, 0.3) is 32.7 Å². The quantitative estimate of drug-likeness (QED) is 0.358. The van der Waals surface area contributed by atoms with Crippen molar-refractivity contribution in [2.45, 2.75) is 25.7 Å². The van der Waals surface area contributed by atoms with E-state index in [0.717, 1.165) is 58.7 Å². The largest absolute Gasteiger partial charge is 0.507 e. The second-order valence-electron chi connectivity index (χ2n) is 7.80. The summed E-state index contributed by atoms with van der Waals surface area (Å²) in [6.45, 7) is 1.36. The summed E-state index contributed by atoms with van der Waals surface area (Å²) in [4.78, 5) is 0. The Morgan fingerprint density at radius 2 is 1.00 bits per heavy atom. The van der Waals surface area contributed by atoms with Crippen LogP contribution in [-0.4, -0.2) is 23.4 Å². The molecule has 8 rings (SSSR count). The maximum absolute atomic E-state index is 10.8. The molecule has 4 heterocycles. The molecule has 8 bridgehead atoms. The summed E-state index contributed by atoms with van der Waals surface area (Å²) in [7, 11) is 0. The van der Waals surface area contributed by atoms with Crippen LogP contribution in [0.3, 0.4) is 0 Å². The second kappa shape index (κ2) is 7.79. The maximum atomic E-state index is 10.8.